The van der Waals surface area contributed by atoms with Crippen LogP contribution in [0.1, 0.15) is 35.7 Å². The average Bonchev–Trinajstić information content (AvgIpc) is 3.33. The average molecular weight is 315 g/mol. The van der Waals surface area contributed by atoms with E-state index < -0.39 is 23.5 Å². The molecule has 0 aliphatic heterocycles. The number of carbonyl (C=O) groups excluding carboxylic acids is 1. The summed E-state index contributed by atoms with van der Waals surface area (Å²) in [6, 6.07) is 2.43. The number of pyridine rings is 1. The third-order valence-corrected chi connectivity index (χ3v) is 4.03. The van der Waals surface area contributed by atoms with Crippen LogP contribution < -0.4 is 5.56 Å². The predicted molar refractivity (Wildman–Crippen MR) is 82.5 cm³/mol. The van der Waals surface area contributed by atoms with Gasteiger partial charge in [0.25, 0.3) is 11.5 Å². The molecule has 1 amide bonds. The summed E-state index contributed by atoms with van der Waals surface area (Å²) in [6.45, 7) is 3.29. The zero-order valence-electron chi connectivity index (χ0n) is 12.9. The van der Waals surface area contributed by atoms with Gasteiger partial charge in [-0.25, -0.2) is 9.78 Å². The van der Waals surface area contributed by atoms with Gasteiger partial charge >= 0.3 is 5.97 Å². The Hall–Kier alpha value is -2.70. The van der Waals surface area contributed by atoms with Crippen molar-refractivity contribution in [2.75, 3.05) is 0 Å². The molecule has 1 N–H and O–H groups in total. The van der Waals surface area contributed by atoms with Crippen LogP contribution in [0.15, 0.2) is 29.3 Å². The maximum Gasteiger partial charge on any atom is 0.326 e. The quantitative estimate of drug-likeness (QED) is 0.911. The molecule has 2 aromatic rings. The van der Waals surface area contributed by atoms with E-state index in [0.29, 0.717) is 5.65 Å². The summed E-state index contributed by atoms with van der Waals surface area (Å²) in [6.07, 6.45) is 4.36. The molecule has 1 aliphatic carbocycles. The van der Waals surface area contributed by atoms with E-state index in [-0.39, 0.29) is 11.6 Å². The van der Waals surface area contributed by atoms with Crippen LogP contribution in [0, 0.1) is 6.92 Å². The van der Waals surface area contributed by atoms with E-state index in [4.69, 9.17) is 0 Å². The Bertz CT molecular complexity index is 854. The van der Waals surface area contributed by atoms with Crippen molar-refractivity contribution in [2.45, 2.75) is 38.8 Å². The number of amides is 1. The number of nitrogens with zero attached hydrogens (tertiary/aromatic N) is 3. The highest BCUT2D eigenvalue weighted by Gasteiger charge is 2.39. The van der Waals surface area contributed by atoms with Gasteiger partial charge in [0.1, 0.15) is 17.3 Å². The number of hydrogen-bond acceptors (Lipinski definition) is 4. The van der Waals surface area contributed by atoms with Crippen molar-refractivity contribution in [3.63, 3.8) is 0 Å². The Morgan fingerprint density at radius 3 is 2.70 bits per heavy atom. The second kappa shape index (κ2) is 5.49. The molecule has 0 radical (unpaired) electrons. The standard InChI is InChI=1S/C16H17N3O4/c1-9-3-6-13-17-7-12(14(20)18(13)8-9)15(21)19(11-4-5-11)10(2)16(22)23/h3,6-8,10-11H,4-5H2,1-2H3,(H,22,23). The molecule has 2 heterocycles. The molecule has 7 heteroatoms. The number of carboxylic acids is 1. The van der Waals surface area contributed by atoms with Crippen LogP contribution in [0.25, 0.3) is 5.65 Å². The van der Waals surface area contributed by atoms with Gasteiger partial charge in [0.2, 0.25) is 0 Å². The number of carbonyl (C=O) groups is 2. The largest absolute Gasteiger partial charge is 0.480 e. The van der Waals surface area contributed by atoms with Crippen molar-refractivity contribution in [2.24, 2.45) is 0 Å². The number of aromatic nitrogens is 2. The monoisotopic (exact) mass is 315 g/mol. The number of aliphatic carboxylic acids is 1. The number of carboxylic acid groups (broad SMARTS) is 1. The first-order valence-corrected chi connectivity index (χ1v) is 7.43. The highest BCUT2D eigenvalue weighted by molar-refractivity contribution is 5.96. The molecule has 2 aromatic heterocycles. The predicted octanol–water partition coefficient (Wildman–Crippen LogP) is 1.08. The van der Waals surface area contributed by atoms with E-state index in [1.165, 1.54) is 22.4 Å². The van der Waals surface area contributed by atoms with Crippen LogP contribution in [0.2, 0.25) is 0 Å². The first kappa shape index (κ1) is 15.2. The fourth-order valence-electron chi connectivity index (χ4n) is 2.60. The van der Waals surface area contributed by atoms with E-state index in [1.54, 1.807) is 12.3 Å². The normalized spacial score (nSPS) is 15.4. The van der Waals surface area contributed by atoms with Crippen LogP contribution in [-0.4, -0.2) is 43.4 Å². The number of fused-ring (bicyclic) bond motifs is 1. The van der Waals surface area contributed by atoms with Gasteiger partial charge in [-0.05, 0) is 38.3 Å². The summed E-state index contributed by atoms with van der Waals surface area (Å²) >= 11 is 0. The molecule has 7 nitrogen and oxygen atoms in total. The maximum atomic E-state index is 12.7. The van der Waals surface area contributed by atoms with Gasteiger partial charge in [-0.1, -0.05) is 6.07 Å². The molecule has 0 aromatic carbocycles. The first-order valence-electron chi connectivity index (χ1n) is 7.43. The lowest BCUT2D eigenvalue weighted by molar-refractivity contribution is -0.141. The Balaban J connectivity index is 2.08. The van der Waals surface area contributed by atoms with Crippen LogP contribution in [0.4, 0.5) is 0 Å². The van der Waals surface area contributed by atoms with E-state index >= 15 is 0 Å². The van der Waals surface area contributed by atoms with Crippen molar-refractivity contribution >= 4 is 17.5 Å². The second-order valence-corrected chi connectivity index (χ2v) is 5.87. The summed E-state index contributed by atoms with van der Waals surface area (Å²) < 4.78 is 1.32. The molecule has 1 saturated carbocycles. The molecule has 0 spiro atoms. The van der Waals surface area contributed by atoms with Gasteiger partial charge in [0, 0.05) is 18.4 Å². The van der Waals surface area contributed by atoms with Crippen molar-refractivity contribution < 1.29 is 14.7 Å². The molecule has 1 atom stereocenters. The summed E-state index contributed by atoms with van der Waals surface area (Å²) in [5.74, 6) is -1.66. The zero-order valence-corrected chi connectivity index (χ0v) is 12.9. The number of hydrogen-bond donors (Lipinski definition) is 1. The van der Waals surface area contributed by atoms with Gasteiger partial charge in [-0.2, -0.15) is 0 Å². The topological polar surface area (TPSA) is 92.0 Å². The molecular formula is C16H17N3O4. The Morgan fingerprint density at radius 2 is 2.09 bits per heavy atom. The van der Waals surface area contributed by atoms with Crippen molar-refractivity contribution in [1.82, 2.24) is 14.3 Å². The zero-order chi connectivity index (χ0) is 16.7. The fourth-order valence-corrected chi connectivity index (χ4v) is 2.60. The van der Waals surface area contributed by atoms with Gasteiger partial charge in [0.05, 0.1) is 0 Å². The van der Waals surface area contributed by atoms with Gasteiger partial charge in [-0.15, -0.1) is 0 Å². The Kier molecular flexibility index (Phi) is 3.63. The third-order valence-electron chi connectivity index (χ3n) is 4.03. The van der Waals surface area contributed by atoms with Crippen LogP contribution >= 0.6 is 0 Å². The van der Waals surface area contributed by atoms with E-state index in [9.17, 15) is 19.5 Å². The van der Waals surface area contributed by atoms with Crippen LogP contribution in [0.3, 0.4) is 0 Å². The molecular weight excluding hydrogens is 298 g/mol. The Morgan fingerprint density at radius 1 is 1.39 bits per heavy atom. The Labute approximate surface area is 132 Å². The molecule has 1 unspecified atom stereocenters. The molecule has 1 aliphatic rings. The fraction of sp³-hybridized carbons (Fsp3) is 0.375. The summed E-state index contributed by atoms with van der Waals surface area (Å²) in [7, 11) is 0. The van der Waals surface area contributed by atoms with Crippen LogP contribution in [0.5, 0.6) is 0 Å². The summed E-state index contributed by atoms with van der Waals surface area (Å²) in [5, 5.41) is 9.21. The molecule has 120 valence electrons. The van der Waals surface area contributed by atoms with E-state index in [1.807, 2.05) is 13.0 Å². The first-order chi connectivity index (χ1) is 10.9. The van der Waals surface area contributed by atoms with E-state index in [0.717, 1.165) is 18.4 Å². The molecule has 3 rings (SSSR count). The van der Waals surface area contributed by atoms with Gasteiger partial charge < -0.3 is 10.0 Å². The highest BCUT2D eigenvalue weighted by Crippen LogP contribution is 2.29. The lowest BCUT2D eigenvalue weighted by atomic mass is 10.2. The number of rotatable bonds is 4. The minimum Gasteiger partial charge on any atom is -0.480 e. The molecule has 1 fully saturated rings. The number of aryl methyl sites for hydroxylation is 1. The van der Waals surface area contributed by atoms with Crippen molar-refractivity contribution in [1.29, 1.82) is 0 Å². The minimum atomic E-state index is -1.09. The highest BCUT2D eigenvalue weighted by atomic mass is 16.4. The van der Waals surface area contributed by atoms with Gasteiger partial charge in [-0.3, -0.25) is 14.0 Å². The lowest BCUT2D eigenvalue weighted by Gasteiger charge is -2.26. The molecule has 0 bridgehead atoms. The van der Waals surface area contributed by atoms with E-state index in [2.05, 4.69) is 4.98 Å². The van der Waals surface area contributed by atoms with Gasteiger partial charge in [0.15, 0.2) is 0 Å². The second-order valence-electron chi connectivity index (χ2n) is 5.87. The lowest BCUT2D eigenvalue weighted by Crippen LogP contribution is -2.46. The van der Waals surface area contributed by atoms with Crippen molar-refractivity contribution in [3.8, 4) is 0 Å². The summed E-state index contributed by atoms with van der Waals surface area (Å²) in [4.78, 5) is 42.0. The van der Waals surface area contributed by atoms with Crippen molar-refractivity contribution in [3.05, 3.63) is 46.0 Å². The molecule has 23 heavy (non-hydrogen) atoms. The minimum absolute atomic E-state index is 0.104. The molecule has 0 saturated heterocycles. The smallest absolute Gasteiger partial charge is 0.326 e. The summed E-state index contributed by atoms with van der Waals surface area (Å²) in [5.41, 5.74) is 0.727. The third kappa shape index (κ3) is 2.69. The SMILES string of the molecule is Cc1ccc2ncc(C(=O)N(C3CC3)C(C)C(=O)O)c(=O)n2c1. The maximum absolute atomic E-state index is 12.7. The van der Waals surface area contributed by atoms with Crippen LogP contribution in [-0.2, 0) is 4.79 Å².